The number of piperidine rings is 1. The Morgan fingerprint density at radius 1 is 0.958 bits per heavy atom. The Labute approximate surface area is 143 Å². The van der Waals surface area contributed by atoms with Gasteiger partial charge in [0.2, 0.25) is 0 Å². The molecule has 128 valence electrons. The Kier molecular flexibility index (Phi) is 4.22. The molecule has 0 aliphatic carbocycles. The number of aryl methyl sites for hydroxylation is 2. The average molecular weight is 326 g/mol. The van der Waals surface area contributed by atoms with Gasteiger partial charge in [0.1, 0.15) is 0 Å². The molecule has 4 heterocycles. The highest BCUT2D eigenvalue weighted by Gasteiger charge is 2.29. The van der Waals surface area contributed by atoms with Crippen molar-refractivity contribution in [2.75, 3.05) is 31.1 Å². The van der Waals surface area contributed by atoms with Gasteiger partial charge in [0, 0.05) is 24.8 Å². The molecule has 2 aromatic rings. The average Bonchev–Trinajstić information content (AvgIpc) is 3.22. The van der Waals surface area contributed by atoms with Crippen LogP contribution in [0.3, 0.4) is 0 Å². The van der Waals surface area contributed by atoms with Gasteiger partial charge in [0.25, 0.3) is 0 Å². The summed E-state index contributed by atoms with van der Waals surface area (Å²) in [5, 5.41) is 13.3. The van der Waals surface area contributed by atoms with Crippen LogP contribution >= 0.6 is 0 Å². The van der Waals surface area contributed by atoms with E-state index in [0.29, 0.717) is 6.04 Å². The fraction of sp³-hybridized carbons (Fsp3) is 0.611. The molecule has 6 nitrogen and oxygen atoms in total. The van der Waals surface area contributed by atoms with Crippen LogP contribution in [0.4, 0.5) is 5.82 Å². The van der Waals surface area contributed by atoms with Crippen molar-refractivity contribution >= 4 is 5.82 Å². The summed E-state index contributed by atoms with van der Waals surface area (Å²) in [6, 6.07) is 6.84. The third-order valence-corrected chi connectivity index (χ3v) is 5.26. The van der Waals surface area contributed by atoms with E-state index in [2.05, 4.69) is 37.2 Å². The van der Waals surface area contributed by atoms with Gasteiger partial charge in [-0.2, -0.15) is 5.10 Å². The van der Waals surface area contributed by atoms with E-state index in [9.17, 15) is 0 Å². The van der Waals surface area contributed by atoms with Gasteiger partial charge in [-0.25, -0.2) is 4.68 Å². The van der Waals surface area contributed by atoms with Gasteiger partial charge < -0.3 is 4.90 Å². The van der Waals surface area contributed by atoms with E-state index >= 15 is 0 Å². The molecular weight excluding hydrogens is 300 g/mol. The van der Waals surface area contributed by atoms with Crippen LogP contribution in [0.5, 0.6) is 0 Å². The fourth-order valence-electron chi connectivity index (χ4n) is 3.99. The Bertz CT molecular complexity index is 686. The second-order valence-corrected chi connectivity index (χ2v) is 7.07. The van der Waals surface area contributed by atoms with Crippen LogP contribution in [0.25, 0.3) is 5.82 Å². The zero-order chi connectivity index (χ0) is 16.5. The number of hydrogen-bond donors (Lipinski definition) is 0. The standard InChI is InChI=1S/C18H26N6/c1-14-12-15(2)24(21-14)18-7-6-17(19-20-18)23-11-8-16(13-23)22-9-4-3-5-10-22/h6-7,12,16H,3-5,8-11,13H2,1-2H3. The van der Waals surface area contributed by atoms with Crippen molar-refractivity contribution in [1.82, 2.24) is 24.9 Å². The predicted molar refractivity (Wildman–Crippen MR) is 94.7 cm³/mol. The van der Waals surface area contributed by atoms with Crippen molar-refractivity contribution in [3.05, 3.63) is 29.6 Å². The molecule has 0 radical (unpaired) electrons. The summed E-state index contributed by atoms with van der Waals surface area (Å²) in [6.07, 6.45) is 5.34. The molecule has 0 amide bonds. The number of hydrogen-bond acceptors (Lipinski definition) is 5. The highest BCUT2D eigenvalue weighted by Crippen LogP contribution is 2.24. The smallest absolute Gasteiger partial charge is 0.176 e. The lowest BCUT2D eigenvalue weighted by Gasteiger charge is -2.32. The molecule has 24 heavy (non-hydrogen) atoms. The van der Waals surface area contributed by atoms with Crippen LogP contribution in [0.2, 0.25) is 0 Å². The summed E-state index contributed by atoms with van der Waals surface area (Å²) in [5.74, 6) is 1.77. The highest BCUT2D eigenvalue weighted by atomic mass is 15.4. The van der Waals surface area contributed by atoms with E-state index in [-0.39, 0.29) is 0 Å². The van der Waals surface area contributed by atoms with Crippen LogP contribution in [0.1, 0.15) is 37.1 Å². The minimum absolute atomic E-state index is 0.683. The van der Waals surface area contributed by atoms with Gasteiger partial charge in [0.15, 0.2) is 11.6 Å². The molecular formula is C18H26N6. The quantitative estimate of drug-likeness (QED) is 0.866. The highest BCUT2D eigenvalue weighted by molar-refractivity contribution is 5.41. The Hall–Kier alpha value is -1.95. The van der Waals surface area contributed by atoms with E-state index in [4.69, 9.17) is 0 Å². The van der Waals surface area contributed by atoms with Crippen molar-refractivity contribution in [2.45, 2.75) is 45.6 Å². The maximum absolute atomic E-state index is 4.47. The van der Waals surface area contributed by atoms with Crippen molar-refractivity contribution in [3.8, 4) is 5.82 Å². The first-order valence-electron chi connectivity index (χ1n) is 9.07. The molecule has 0 saturated carbocycles. The number of aromatic nitrogens is 4. The van der Waals surface area contributed by atoms with Gasteiger partial charge in [-0.05, 0) is 64.4 Å². The molecule has 2 fully saturated rings. The third kappa shape index (κ3) is 3.02. The zero-order valence-corrected chi connectivity index (χ0v) is 14.6. The molecule has 0 bridgehead atoms. The van der Waals surface area contributed by atoms with Gasteiger partial charge in [0.05, 0.1) is 5.69 Å². The Morgan fingerprint density at radius 2 is 1.71 bits per heavy atom. The summed E-state index contributed by atoms with van der Waals surface area (Å²) in [4.78, 5) is 5.04. The van der Waals surface area contributed by atoms with Crippen molar-refractivity contribution < 1.29 is 0 Å². The first kappa shape index (κ1) is 15.6. The number of anilines is 1. The van der Waals surface area contributed by atoms with Crippen LogP contribution in [0.15, 0.2) is 18.2 Å². The maximum atomic E-state index is 4.47. The number of likely N-dealkylation sites (tertiary alicyclic amines) is 1. The Morgan fingerprint density at radius 3 is 2.38 bits per heavy atom. The topological polar surface area (TPSA) is 50.1 Å². The largest absolute Gasteiger partial charge is 0.353 e. The summed E-state index contributed by atoms with van der Waals surface area (Å²) in [5.41, 5.74) is 2.09. The molecule has 4 rings (SSSR count). The second kappa shape index (κ2) is 6.51. The summed E-state index contributed by atoms with van der Waals surface area (Å²) in [7, 11) is 0. The summed E-state index contributed by atoms with van der Waals surface area (Å²) >= 11 is 0. The first-order valence-corrected chi connectivity index (χ1v) is 9.07. The Balaban J connectivity index is 1.44. The molecule has 0 spiro atoms. The lowest BCUT2D eigenvalue weighted by molar-refractivity contribution is 0.175. The minimum Gasteiger partial charge on any atom is -0.353 e. The van der Waals surface area contributed by atoms with Gasteiger partial charge >= 0.3 is 0 Å². The lowest BCUT2D eigenvalue weighted by atomic mass is 10.1. The molecule has 1 atom stereocenters. The number of nitrogens with zero attached hydrogens (tertiary/aromatic N) is 6. The molecule has 0 aromatic carbocycles. The van der Waals surface area contributed by atoms with Crippen molar-refractivity contribution in [3.63, 3.8) is 0 Å². The van der Waals surface area contributed by atoms with Gasteiger partial charge in [-0.3, -0.25) is 4.90 Å². The van der Waals surface area contributed by atoms with Gasteiger partial charge in [-0.1, -0.05) is 6.42 Å². The zero-order valence-electron chi connectivity index (χ0n) is 14.6. The lowest BCUT2D eigenvalue weighted by Crippen LogP contribution is -2.41. The molecule has 6 heteroatoms. The van der Waals surface area contributed by atoms with Crippen molar-refractivity contribution in [2.24, 2.45) is 0 Å². The van der Waals surface area contributed by atoms with Crippen LogP contribution in [-0.2, 0) is 0 Å². The third-order valence-electron chi connectivity index (χ3n) is 5.26. The predicted octanol–water partition coefficient (Wildman–Crippen LogP) is 2.34. The molecule has 0 N–H and O–H groups in total. The molecule has 2 aliphatic rings. The number of rotatable bonds is 3. The summed E-state index contributed by atoms with van der Waals surface area (Å²) < 4.78 is 1.85. The van der Waals surface area contributed by atoms with E-state index in [0.717, 1.165) is 36.1 Å². The normalized spacial score (nSPS) is 22.2. The van der Waals surface area contributed by atoms with Crippen LogP contribution in [-0.4, -0.2) is 57.1 Å². The minimum atomic E-state index is 0.683. The van der Waals surface area contributed by atoms with E-state index in [1.807, 2.05) is 24.6 Å². The molecule has 1 unspecified atom stereocenters. The fourth-order valence-corrected chi connectivity index (χ4v) is 3.99. The first-order chi connectivity index (χ1) is 11.7. The van der Waals surface area contributed by atoms with E-state index in [1.165, 1.54) is 38.8 Å². The monoisotopic (exact) mass is 326 g/mol. The van der Waals surface area contributed by atoms with E-state index < -0.39 is 0 Å². The molecule has 2 aromatic heterocycles. The molecule has 2 saturated heterocycles. The second-order valence-electron chi connectivity index (χ2n) is 7.07. The van der Waals surface area contributed by atoms with Gasteiger partial charge in [-0.15, -0.1) is 10.2 Å². The van der Waals surface area contributed by atoms with Crippen LogP contribution in [0, 0.1) is 13.8 Å². The maximum Gasteiger partial charge on any atom is 0.176 e. The molecule has 2 aliphatic heterocycles. The van der Waals surface area contributed by atoms with Crippen molar-refractivity contribution in [1.29, 1.82) is 0 Å². The summed E-state index contributed by atoms with van der Waals surface area (Å²) in [6.45, 7) is 8.72. The SMILES string of the molecule is Cc1cc(C)n(-c2ccc(N3CCC(N4CCCCC4)C3)nn2)n1. The van der Waals surface area contributed by atoms with Crippen LogP contribution < -0.4 is 4.90 Å². The van der Waals surface area contributed by atoms with E-state index in [1.54, 1.807) is 0 Å².